The summed E-state index contributed by atoms with van der Waals surface area (Å²) in [5.74, 6) is 0.666. The number of rotatable bonds is 4. The fourth-order valence-corrected chi connectivity index (χ4v) is 8.30. The molecule has 5 heteroatoms. The molecule has 2 aliphatic heterocycles. The SMILES string of the molecule is C[C@@]1(CNC2CCCCC2)[C@H](O)CC[C@@]2(C)C3C[C@@H](C4=CCOC4=O)O[C@]3(C)CC[C@H]12. The maximum Gasteiger partial charge on any atom is 0.336 e. The number of aliphatic hydroxyl groups excluding tert-OH is 1. The Morgan fingerprint density at radius 2 is 1.84 bits per heavy atom. The molecular formula is C26H41NO4. The molecule has 5 aliphatic rings. The van der Waals surface area contributed by atoms with E-state index in [9.17, 15) is 9.90 Å². The standard InChI is InChI=1S/C26H41NO4/c1-24-12-10-22(28)25(2,16-27-17-7-5-4-6-8-17)20(24)9-13-26(3)21(24)15-19(31-26)18-11-14-30-23(18)29/h11,17,19-22,27-28H,4-10,12-16H2,1-3H3/t19-,20-,21?,22+,24+,25-,26+/m0/s1. The molecule has 4 fully saturated rings. The third-order valence-electron chi connectivity index (χ3n) is 10.1. The molecule has 7 atom stereocenters. The third kappa shape index (κ3) is 3.50. The molecule has 1 saturated heterocycles. The Labute approximate surface area is 187 Å². The van der Waals surface area contributed by atoms with Gasteiger partial charge in [0.15, 0.2) is 0 Å². The molecule has 174 valence electrons. The van der Waals surface area contributed by atoms with E-state index in [2.05, 4.69) is 26.1 Å². The fraction of sp³-hybridized carbons (Fsp3) is 0.885. The summed E-state index contributed by atoms with van der Waals surface area (Å²) in [6, 6.07) is 0.610. The molecule has 0 spiro atoms. The van der Waals surface area contributed by atoms with Gasteiger partial charge in [-0.15, -0.1) is 0 Å². The molecule has 0 bridgehead atoms. The van der Waals surface area contributed by atoms with Crippen molar-refractivity contribution in [3.8, 4) is 0 Å². The van der Waals surface area contributed by atoms with E-state index < -0.39 is 0 Å². The number of carbonyl (C=O) groups is 1. The van der Waals surface area contributed by atoms with Crippen LogP contribution in [0.3, 0.4) is 0 Å². The van der Waals surface area contributed by atoms with Crippen molar-refractivity contribution in [1.82, 2.24) is 5.32 Å². The van der Waals surface area contributed by atoms with Gasteiger partial charge in [0.05, 0.1) is 23.4 Å². The van der Waals surface area contributed by atoms with Crippen molar-refractivity contribution in [1.29, 1.82) is 0 Å². The zero-order valence-corrected chi connectivity index (χ0v) is 19.6. The first kappa shape index (κ1) is 21.9. The molecule has 0 aromatic carbocycles. The molecule has 3 aliphatic carbocycles. The Morgan fingerprint density at radius 1 is 1.06 bits per heavy atom. The number of nitrogens with one attached hydrogen (secondary N) is 1. The second kappa shape index (κ2) is 7.85. The van der Waals surface area contributed by atoms with E-state index in [1.807, 2.05) is 6.08 Å². The predicted molar refractivity (Wildman–Crippen MR) is 119 cm³/mol. The zero-order valence-electron chi connectivity index (χ0n) is 19.6. The molecule has 0 amide bonds. The Hall–Kier alpha value is -0.910. The summed E-state index contributed by atoms with van der Waals surface area (Å²) in [6.07, 6.45) is 13.0. The van der Waals surface area contributed by atoms with E-state index in [-0.39, 0.29) is 34.6 Å². The van der Waals surface area contributed by atoms with Gasteiger partial charge in [0.1, 0.15) is 6.61 Å². The van der Waals surface area contributed by atoms with Gasteiger partial charge in [-0.3, -0.25) is 0 Å². The van der Waals surface area contributed by atoms with Crippen LogP contribution in [0.1, 0.15) is 85.0 Å². The molecule has 0 radical (unpaired) electrons. The van der Waals surface area contributed by atoms with Gasteiger partial charge in [0.2, 0.25) is 0 Å². The van der Waals surface area contributed by atoms with Crippen molar-refractivity contribution in [2.45, 2.75) is 109 Å². The van der Waals surface area contributed by atoms with E-state index >= 15 is 0 Å². The highest BCUT2D eigenvalue weighted by molar-refractivity contribution is 5.91. The maximum absolute atomic E-state index is 12.2. The van der Waals surface area contributed by atoms with E-state index in [0.717, 1.165) is 44.2 Å². The molecule has 2 heterocycles. The quantitative estimate of drug-likeness (QED) is 0.655. The molecule has 3 saturated carbocycles. The molecule has 1 unspecified atom stereocenters. The highest BCUT2D eigenvalue weighted by atomic mass is 16.5. The summed E-state index contributed by atoms with van der Waals surface area (Å²) >= 11 is 0. The normalized spacial score (nSPS) is 48.1. The molecule has 5 rings (SSSR count). The van der Waals surface area contributed by atoms with Crippen LogP contribution < -0.4 is 5.32 Å². The molecule has 2 N–H and O–H groups in total. The Morgan fingerprint density at radius 3 is 2.55 bits per heavy atom. The lowest BCUT2D eigenvalue weighted by molar-refractivity contribution is -0.186. The second-order valence-corrected chi connectivity index (χ2v) is 11.8. The smallest absolute Gasteiger partial charge is 0.336 e. The van der Waals surface area contributed by atoms with Crippen LogP contribution in [0.25, 0.3) is 0 Å². The lowest BCUT2D eigenvalue weighted by atomic mass is 9.44. The number of ether oxygens (including phenoxy) is 2. The largest absolute Gasteiger partial charge is 0.458 e. The number of aliphatic hydroxyl groups is 1. The minimum atomic E-state index is -0.253. The van der Waals surface area contributed by atoms with Gasteiger partial charge < -0.3 is 19.9 Å². The van der Waals surface area contributed by atoms with E-state index in [1.165, 1.54) is 32.1 Å². The summed E-state index contributed by atoms with van der Waals surface area (Å²) in [7, 11) is 0. The summed E-state index contributed by atoms with van der Waals surface area (Å²) in [5.41, 5.74) is 0.538. The first-order valence-corrected chi connectivity index (χ1v) is 12.7. The lowest BCUT2D eigenvalue weighted by Gasteiger charge is -2.62. The number of hydrogen-bond donors (Lipinski definition) is 2. The van der Waals surface area contributed by atoms with E-state index in [1.54, 1.807) is 0 Å². The second-order valence-electron chi connectivity index (χ2n) is 11.8. The van der Waals surface area contributed by atoms with Gasteiger partial charge in [-0.05, 0) is 75.2 Å². The van der Waals surface area contributed by atoms with Crippen molar-refractivity contribution >= 4 is 5.97 Å². The van der Waals surface area contributed by atoms with Crippen LogP contribution in [0.5, 0.6) is 0 Å². The van der Waals surface area contributed by atoms with Crippen LogP contribution >= 0.6 is 0 Å². The van der Waals surface area contributed by atoms with E-state index in [0.29, 0.717) is 24.5 Å². The van der Waals surface area contributed by atoms with Gasteiger partial charge in [0.25, 0.3) is 0 Å². The van der Waals surface area contributed by atoms with Crippen molar-refractivity contribution in [3.63, 3.8) is 0 Å². The van der Waals surface area contributed by atoms with Crippen LogP contribution in [0.2, 0.25) is 0 Å². The van der Waals surface area contributed by atoms with Crippen LogP contribution in [-0.2, 0) is 14.3 Å². The minimum Gasteiger partial charge on any atom is -0.458 e. The lowest BCUT2D eigenvalue weighted by Crippen LogP contribution is -2.62. The summed E-state index contributed by atoms with van der Waals surface area (Å²) < 4.78 is 11.8. The first-order chi connectivity index (χ1) is 14.8. The minimum absolute atomic E-state index is 0.116. The Bertz CT molecular complexity index is 746. The molecule has 31 heavy (non-hydrogen) atoms. The Balaban J connectivity index is 1.37. The van der Waals surface area contributed by atoms with Crippen molar-refractivity contribution in [2.24, 2.45) is 22.7 Å². The highest BCUT2D eigenvalue weighted by Gasteiger charge is 2.65. The van der Waals surface area contributed by atoms with Crippen molar-refractivity contribution in [2.75, 3.05) is 13.2 Å². The number of hydrogen-bond acceptors (Lipinski definition) is 5. The van der Waals surface area contributed by atoms with Gasteiger partial charge >= 0.3 is 5.97 Å². The Kier molecular flexibility index (Phi) is 5.55. The topological polar surface area (TPSA) is 67.8 Å². The summed E-state index contributed by atoms with van der Waals surface area (Å²) in [5, 5.41) is 15.1. The third-order valence-corrected chi connectivity index (χ3v) is 10.1. The average Bonchev–Trinajstić information content (AvgIpc) is 3.34. The fourth-order valence-electron chi connectivity index (χ4n) is 8.30. The van der Waals surface area contributed by atoms with Gasteiger partial charge in [-0.2, -0.15) is 0 Å². The van der Waals surface area contributed by atoms with Crippen LogP contribution in [0, 0.1) is 22.7 Å². The number of fused-ring (bicyclic) bond motifs is 3. The van der Waals surface area contributed by atoms with Crippen LogP contribution in [-0.4, -0.2) is 48.1 Å². The molecule has 0 aromatic rings. The summed E-state index contributed by atoms with van der Waals surface area (Å²) in [4.78, 5) is 12.2. The molecule has 5 nitrogen and oxygen atoms in total. The number of cyclic esters (lactones) is 1. The van der Waals surface area contributed by atoms with Gasteiger partial charge in [0, 0.05) is 18.0 Å². The molecule has 0 aromatic heterocycles. The van der Waals surface area contributed by atoms with Gasteiger partial charge in [-0.25, -0.2) is 4.79 Å². The van der Waals surface area contributed by atoms with Crippen LogP contribution in [0.4, 0.5) is 0 Å². The van der Waals surface area contributed by atoms with Crippen LogP contribution in [0.15, 0.2) is 11.6 Å². The summed E-state index contributed by atoms with van der Waals surface area (Å²) in [6.45, 7) is 8.35. The monoisotopic (exact) mass is 431 g/mol. The highest BCUT2D eigenvalue weighted by Crippen LogP contribution is 2.66. The van der Waals surface area contributed by atoms with Gasteiger partial charge in [-0.1, -0.05) is 33.1 Å². The number of esters is 1. The average molecular weight is 432 g/mol. The van der Waals surface area contributed by atoms with Crippen molar-refractivity contribution in [3.05, 3.63) is 11.6 Å². The molecular weight excluding hydrogens is 390 g/mol. The predicted octanol–water partition coefficient (Wildman–Crippen LogP) is 4.13. The zero-order chi connectivity index (χ0) is 21.9. The van der Waals surface area contributed by atoms with Crippen molar-refractivity contribution < 1.29 is 19.4 Å². The maximum atomic E-state index is 12.2. The number of carbonyl (C=O) groups excluding carboxylic acids is 1. The van der Waals surface area contributed by atoms with E-state index in [4.69, 9.17) is 9.47 Å². The first-order valence-electron chi connectivity index (χ1n) is 12.7.